The van der Waals surface area contributed by atoms with Gasteiger partial charge in [-0.05, 0) is 62.5 Å². The smallest absolute Gasteiger partial charge is 0.246 e. The molecule has 5 rings (SSSR count). The molecule has 0 radical (unpaired) electrons. The van der Waals surface area contributed by atoms with Gasteiger partial charge < -0.3 is 19.9 Å². The number of morpholine rings is 1. The standard InChI is InChI=1S/C24H33N3O4S/c1-29-19(23(25)28)14-15-2-7-20-21(15)22-18(8-9-26-24(22)32-20)31-17-5-3-16(4-6-17)27-10-12-30-13-11-27/h8-9,15-17,19H,2-7,10-14H2,1H3,(H2,25,28)/t15-,16?,17?,19-/m1/s1. The van der Waals surface area contributed by atoms with E-state index < -0.39 is 12.0 Å². The zero-order valence-electron chi connectivity index (χ0n) is 18.8. The first kappa shape index (κ1) is 22.1. The van der Waals surface area contributed by atoms with Gasteiger partial charge in [-0.2, -0.15) is 0 Å². The monoisotopic (exact) mass is 459 g/mol. The molecule has 2 aromatic rings. The Balaban J connectivity index is 1.32. The van der Waals surface area contributed by atoms with Crippen LogP contribution in [0.4, 0.5) is 0 Å². The van der Waals surface area contributed by atoms with Gasteiger partial charge in [0.1, 0.15) is 16.7 Å². The maximum atomic E-state index is 11.8. The van der Waals surface area contributed by atoms with Gasteiger partial charge >= 0.3 is 0 Å². The highest BCUT2D eigenvalue weighted by atomic mass is 32.1. The summed E-state index contributed by atoms with van der Waals surface area (Å²) < 4.78 is 17.5. The molecule has 3 aliphatic rings. The number of aromatic nitrogens is 1. The van der Waals surface area contributed by atoms with Crippen LogP contribution in [0.2, 0.25) is 0 Å². The second-order valence-corrected chi connectivity index (χ2v) is 10.3. The summed E-state index contributed by atoms with van der Waals surface area (Å²) in [5.41, 5.74) is 6.85. The highest BCUT2D eigenvalue weighted by molar-refractivity contribution is 7.19. The number of methoxy groups -OCH3 is 1. The van der Waals surface area contributed by atoms with Crippen molar-refractivity contribution in [3.05, 3.63) is 22.7 Å². The predicted octanol–water partition coefficient (Wildman–Crippen LogP) is 3.24. The molecule has 2 fully saturated rings. The summed E-state index contributed by atoms with van der Waals surface area (Å²) in [5.74, 6) is 0.800. The van der Waals surface area contributed by atoms with E-state index >= 15 is 0 Å². The van der Waals surface area contributed by atoms with Crippen LogP contribution in [0.1, 0.15) is 54.9 Å². The molecule has 3 heterocycles. The van der Waals surface area contributed by atoms with Gasteiger partial charge in [0.15, 0.2) is 0 Å². The molecule has 0 spiro atoms. The van der Waals surface area contributed by atoms with E-state index in [9.17, 15) is 4.79 Å². The van der Waals surface area contributed by atoms with Gasteiger partial charge in [-0.25, -0.2) is 4.98 Å². The molecule has 8 heteroatoms. The van der Waals surface area contributed by atoms with Crippen molar-refractivity contribution < 1.29 is 19.0 Å². The Morgan fingerprint density at radius 2 is 2.06 bits per heavy atom. The average molecular weight is 460 g/mol. The number of aryl methyl sites for hydroxylation is 1. The topological polar surface area (TPSA) is 86.9 Å². The molecule has 0 bridgehead atoms. The minimum Gasteiger partial charge on any atom is -0.490 e. The Kier molecular flexibility index (Phi) is 6.64. The third-order valence-electron chi connectivity index (χ3n) is 7.40. The van der Waals surface area contributed by atoms with Crippen LogP contribution in [0, 0.1) is 0 Å². The lowest BCUT2D eigenvalue weighted by Gasteiger charge is -2.38. The lowest BCUT2D eigenvalue weighted by molar-refractivity contribution is -0.128. The highest BCUT2D eigenvalue weighted by Crippen LogP contribution is 2.48. The van der Waals surface area contributed by atoms with E-state index in [1.54, 1.807) is 18.4 Å². The number of primary amides is 1. The van der Waals surface area contributed by atoms with Gasteiger partial charge in [-0.1, -0.05) is 0 Å². The van der Waals surface area contributed by atoms with Crippen LogP contribution in [0.5, 0.6) is 5.75 Å². The minimum absolute atomic E-state index is 0.241. The fraction of sp³-hybridized carbons (Fsp3) is 0.667. The minimum atomic E-state index is -0.558. The summed E-state index contributed by atoms with van der Waals surface area (Å²) in [6.45, 7) is 3.82. The SMILES string of the molecule is CO[C@H](C[C@H]1CCc2sc3nccc(OC4CCC(N5CCOCC5)CC4)c3c21)C(N)=O. The van der Waals surface area contributed by atoms with Gasteiger partial charge in [-0.15, -0.1) is 11.3 Å². The number of rotatable bonds is 7. The zero-order valence-corrected chi connectivity index (χ0v) is 19.6. The Morgan fingerprint density at radius 1 is 1.28 bits per heavy atom. The third-order valence-corrected chi connectivity index (χ3v) is 8.57. The van der Waals surface area contributed by atoms with E-state index in [0.29, 0.717) is 12.5 Å². The summed E-state index contributed by atoms with van der Waals surface area (Å²) >= 11 is 1.76. The first-order valence-corrected chi connectivity index (χ1v) is 12.7. The Hall–Kier alpha value is -1.74. The molecule has 0 unspecified atom stereocenters. The maximum Gasteiger partial charge on any atom is 0.246 e. The molecule has 7 nitrogen and oxygen atoms in total. The molecule has 174 valence electrons. The van der Waals surface area contributed by atoms with Gasteiger partial charge in [0.2, 0.25) is 5.91 Å². The van der Waals surface area contributed by atoms with Crippen LogP contribution < -0.4 is 10.5 Å². The molecule has 0 aromatic carbocycles. The second-order valence-electron chi connectivity index (χ2n) is 9.22. The summed E-state index contributed by atoms with van der Waals surface area (Å²) in [4.78, 5) is 21.4. The molecule has 1 saturated heterocycles. The van der Waals surface area contributed by atoms with Crippen molar-refractivity contribution in [2.75, 3.05) is 33.4 Å². The van der Waals surface area contributed by atoms with E-state index in [0.717, 1.165) is 68.0 Å². The number of fused-ring (bicyclic) bond motifs is 3. The van der Waals surface area contributed by atoms with Crippen molar-refractivity contribution in [3.63, 3.8) is 0 Å². The second kappa shape index (κ2) is 9.63. The predicted molar refractivity (Wildman–Crippen MR) is 124 cm³/mol. The van der Waals surface area contributed by atoms with Crippen molar-refractivity contribution in [1.29, 1.82) is 0 Å². The number of carbonyl (C=O) groups is 1. The number of pyridine rings is 1. The quantitative estimate of drug-likeness (QED) is 0.684. The summed E-state index contributed by atoms with van der Waals surface area (Å²) in [7, 11) is 1.56. The van der Waals surface area contributed by atoms with E-state index in [1.165, 1.54) is 23.3 Å². The zero-order chi connectivity index (χ0) is 22.1. The first-order chi connectivity index (χ1) is 15.6. The van der Waals surface area contributed by atoms with Crippen LogP contribution in [-0.2, 0) is 20.7 Å². The van der Waals surface area contributed by atoms with Crippen molar-refractivity contribution in [2.24, 2.45) is 5.73 Å². The van der Waals surface area contributed by atoms with E-state index in [2.05, 4.69) is 9.88 Å². The average Bonchev–Trinajstić information content (AvgIpc) is 3.38. The van der Waals surface area contributed by atoms with Crippen LogP contribution >= 0.6 is 11.3 Å². The van der Waals surface area contributed by atoms with Crippen LogP contribution in [-0.4, -0.2) is 67.5 Å². The molecule has 2 atom stereocenters. The molecule has 32 heavy (non-hydrogen) atoms. The molecule has 1 saturated carbocycles. The normalized spacial score (nSPS) is 27.3. The Morgan fingerprint density at radius 3 is 2.78 bits per heavy atom. The summed E-state index contributed by atoms with van der Waals surface area (Å²) in [6, 6.07) is 2.67. The Labute approximate surface area is 193 Å². The number of nitrogens with zero attached hydrogens (tertiary/aromatic N) is 2. The molecule has 1 amide bonds. The lowest BCUT2D eigenvalue weighted by atomic mass is 9.91. The number of nitrogens with two attached hydrogens (primary N) is 1. The van der Waals surface area contributed by atoms with Crippen molar-refractivity contribution >= 4 is 27.5 Å². The van der Waals surface area contributed by atoms with E-state index in [1.807, 2.05) is 12.3 Å². The Bertz CT molecular complexity index is 950. The van der Waals surface area contributed by atoms with Gasteiger partial charge in [-0.3, -0.25) is 9.69 Å². The van der Waals surface area contributed by atoms with Crippen molar-refractivity contribution in [1.82, 2.24) is 9.88 Å². The maximum absolute atomic E-state index is 11.8. The summed E-state index contributed by atoms with van der Waals surface area (Å²) in [6.07, 6.45) is 8.70. The number of amides is 1. The third kappa shape index (κ3) is 4.38. The molecule has 2 aliphatic carbocycles. The lowest BCUT2D eigenvalue weighted by Crippen LogP contribution is -2.46. The number of ether oxygens (including phenoxy) is 3. The number of carbonyl (C=O) groups excluding carboxylic acids is 1. The van der Waals surface area contributed by atoms with E-state index in [4.69, 9.17) is 19.9 Å². The fourth-order valence-corrected chi connectivity index (χ4v) is 6.96. The fourth-order valence-electron chi connectivity index (χ4n) is 5.70. The van der Waals surface area contributed by atoms with Crippen molar-refractivity contribution in [2.45, 2.75) is 69.1 Å². The molecule has 2 aromatic heterocycles. The van der Waals surface area contributed by atoms with Crippen LogP contribution in [0.3, 0.4) is 0 Å². The van der Waals surface area contributed by atoms with Gasteiger partial charge in [0, 0.05) is 37.3 Å². The van der Waals surface area contributed by atoms with Gasteiger partial charge in [0.05, 0.1) is 24.7 Å². The number of hydrogen-bond donors (Lipinski definition) is 1. The van der Waals surface area contributed by atoms with Gasteiger partial charge in [0.25, 0.3) is 0 Å². The summed E-state index contributed by atoms with van der Waals surface area (Å²) in [5, 5.41) is 1.14. The molecule has 2 N–H and O–H groups in total. The molecular formula is C24H33N3O4S. The van der Waals surface area contributed by atoms with Crippen molar-refractivity contribution in [3.8, 4) is 5.75 Å². The van der Waals surface area contributed by atoms with E-state index in [-0.39, 0.29) is 12.0 Å². The van der Waals surface area contributed by atoms with Crippen LogP contribution in [0.25, 0.3) is 10.2 Å². The number of thiophene rings is 1. The van der Waals surface area contributed by atoms with Crippen LogP contribution in [0.15, 0.2) is 12.3 Å². The largest absolute Gasteiger partial charge is 0.490 e. The highest BCUT2D eigenvalue weighted by Gasteiger charge is 2.34. The first-order valence-electron chi connectivity index (χ1n) is 11.8. The molecule has 1 aliphatic heterocycles. The number of hydrogen-bond acceptors (Lipinski definition) is 7. The molecular weight excluding hydrogens is 426 g/mol.